The molecule has 148 valence electrons. The molecule has 2 N–H and O–H groups in total. The van der Waals surface area contributed by atoms with Crippen LogP contribution in [0.2, 0.25) is 0 Å². The number of hydrogen-bond donors (Lipinski definition) is 2. The number of piperidine rings is 1. The van der Waals surface area contributed by atoms with Crippen LogP contribution in [-0.2, 0) is 0 Å². The first-order valence-corrected chi connectivity index (χ1v) is 10.1. The molecule has 2 aromatic carbocycles. The zero-order valence-electron chi connectivity index (χ0n) is 16.7. The van der Waals surface area contributed by atoms with Crippen molar-refractivity contribution in [1.82, 2.24) is 15.8 Å². The quantitative estimate of drug-likeness (QED) is 0.857. The number of nitrogens with one attached hydrogen (secondary N) is 2. The Kier molecular flexibility index (Phi) is 5.64. The Bertz CT molecular complexity index is 813. The molecule has 2 unspecified atom stereocenters. The van der Waals surface area contributed by atoms with Crippen LogP contribution in [0.15, 0.2) is 48.5 Å². The van der Waals surface area contributed by atoms with Crippen LogP contribution in [0.25, 0.3) is 0 Å². The molecule has 0 aliphatic carbocycles. The van der Waals surface area contributed by atoms with E-state index >= 15 is 0 Å². The molecule has 2 aromatic rings. The zero-order chi connectivity index (χ0) is 19.5. The van der Waals surface area contributed by atoms with Gasteiger partial charge in [-0.2, -0.15) is 0 Å². The predicted molar refractivity (Wildman–Crippen MR) is 110 cm³/mol. The molecule has 5 nitrogen and oxygen atoms in total. The van der Waals surface area contributed by atoms with Crippen LogP contribution in [0, 0.1) is 12.8 Å². The summed E-state index contributed by atoms with van der Waals surface area (Å²) in [4.78, 5) is 14.8. The number of amides is 1. The molecule has 2 aliphatic heterocycles. The van der Waals surface area contributed by atoms with Gasteiger partial charge in [0.15, 0.2) is 0 Å². The van der Waals surface area contributed by atoms with E-state index in [-0.39, 0.29) is 5.91 Å². The molecule has 2 saturated heterocycles. The molecule has 28 heavy (non-hydrogen) atoms. The molecule has 0 spiro atoms. The van der Waals surface area contributed by atoms with Crippen molar-refractivity contribution >= 4 is 5.91 Å². The summed E-state index contributed by atoms with van der Waals surface area (Å²) in [5, 5.41) is 0. The maximum absolute atomic E-state index is 12.8. The van der Waals surface area contributed by atoms with Gasteiger partial charge in [-0.15, -0.1) is 0 Å². The van der Waals surface area contributed by atoms with Gasteiger partial charge in [-0.05, 0) is 55.5 Å². The first-order chi connectivity index (χ1) is 13.7. The Morgan fingerprint density at radius 1 is 1.11 bits per heavy atom. The van der Waals surface area contributed by atoms with Gasteiger partial charge in [0.05, 0.1) is 7.11 Å². The molecule has 0 bridgehead atoms. The van der Waals surface area contributed by atoms with E-state index in [4.69, 9.17) is 4.74 Å². The van der Waals surface area contributed by atoms with Gasteiger partial charge in [0, 0.05) is 37.2 Å². The molecule has 4 rings (SSSR count). The monoisotopic (exact) mass is 379 g/mol. The van der Waals surface area contributed by atoms with Crippen LogP contribution in [0.4, 0.5) is 0 Å². The third-order valence-corrected chi connectivity index (χ3v) is 6.18. The second kappa shape index (κ2) is 8.33. The second-order valence-electron chi connectivity index (χ2n) is 7.93. The molecular formula is C23H29N3O2. The first kappa shape index (κ1) is 19.0. The van der Waals surface area contributed by atoms with E-state index in [0.717, 1.165) is 43.8 Å². The third kappa shape index (κ3) is 3.91. The van der Waals surface area contributed by atoms with E-state index in [1.165, 1.54) is 11.1 Å². The van der Waals surface area contributed by atoms with E-state index in [2.05, 4.69) is 29.1 Å². The first-order valence-electron chi connectivity index (χ1n) is 10.1. The summed E-state index contributed by atoms with van der Waals surface area (Å²) in [6.07, 6.45) is 2.05. The Labute approximate surface area is 167 Å². The fourth-order valence-electron chi connectivity index (χ4n) is 4.50. The van der Waals surface area contributed by atoms with Crippen LogP contribution in [0.3, 0.4) is 0 Å². The number of hydrogen-bond acceptors (Lipinski definition) is 4. The molecule has 1 amide bonds. The molecule has 5 heteroatoms. The zero-order valence-corrected chi connectivity index (χ0v) is 16.7. The minimum absolute atomic E-state index is 0.153. The number of methoxy groups -OCH3 is 1. The number of rotatable bonds is 4. The smallest absolute Gasteiger partial charge is 0.253 e. The van der Waals surface area contributed by atoms with Gasteiger partial charge < -0.3 is 9.64 Å². The Hall–Kier alpha value is -2.37. The highest BCUT2D eigenvalue weighted by Gasteiger charge is 2.37. The number of aryl methyl sites for hydroxylation is 1. The van der Waals surface area contributed by atoms with Gasteiger partial charge in [0.2, 0.25) is 0 Å². The highest BCUT2D eigenvalue weighted by molar-refractivity contribution is 5.94. The van der Waals surface area contributed by atoms with Crippen molar-refractivity contribution in [2.75, 3.05) is 26.7 Å². The van der Waals surface area contributed by atoms with E-state index < -0.39 is 0 Å². The Morgan fingerprint density at radius 3 is 2.57 bits per heavy atom. The number of carbonyl (C=O) groups excluding carboxylic acids is 1. The average molecular weight is 380 g/mol. The van der Waals surface area contributed by atoms with Crippen molar-refractivity contribution in [2.45, 2.75) is 31.7 Å². The minimum atomic E-state index is 0.153. The molecule has 0 radical (unpaired) electrons. The van der Waals surface area contributed by atoms with Crippen LogP contribution < -0.4 is 15.6 Å². The van der Waals surface area contributed by atoms with Crippen LogP contribution in [0.5, 0.6) is 5.75 Å². The van der Waals surface area contributed by atoms with Crippen LogP contribution >= 0.6 is 0 Å². The molecule has 2 heterocycles. The summed E-state index contributed by atoms with van der Waals surface area (Å²) in [5.74, 6) is 2.02. The van der Waals surface area contributed by atoms with Crippen molar-refractivity contribution in [3.05, 3.63) is 65.2 Å². The maximum atomic E-state index is 12.8. The summed E-state index contributed by atoms with van der Waals surface area (Å²) >= 11 is 0. The molecule has 0 aromatic heterocycles. The van der Waals surface area contributed by atoms with Crippen molar-refractivity contribution < 1.29 is 9.53 Å². The lowest BCUT2D eigenvalue weighted by Gasteiger charge is -2.36. The number of carbonyl (C=O) groups is 1. The van der Waals surface area contributed by atoms with Gasteiger partial charge in [0.1, 0.15) is 5.75 Å². The minimum Gasteiger partial charge on any atom is -0.497 e. The Balaban J connectivity index is 1.40. The number of nitrogens with zero attached hydrogens (tertiary/aromatic N) is 1. The van der Waals surface area contributed by atoms with Crippen molar-refractivity contribution in [3.8, 4) is 5.75 Å². The normalized spacial score (nSPS) is 23.0. The largest absolute Gasteiger partial charge is 0.497 e. The summed E-state index contributed by atoms with van der Waals surface area (Å²) in [7, 11) is 1.71. The van der Waals surface area contributed by atoms with E-state index in [1.54, 1.807) is 7.11 Å². The van der Waals surface area contributed by atoms with Gasteiger partial charge >= 0.3 is 0 Å². The molecule has 2 aliphatic rings. The van der Waals surface area contributed by atoms with Crippen LogP contribution in [-0.4, -0.2) is 43.6 Å². The van der Waals surface area contributed by atoms with Crippen LogP contribution in [0.1, 0.15) is 40.2 Å². The standard InChI is InChI=1S/C23H29N3O2/c1-16-6-8-18(9-7-16)23(27)26-12-10-17(11-13-26)22-21(15-24-25-22)19-4-3-5-20(14-19)28-2/h3-9,14,17,21-22,24-25H,10-13,15H2,1-2H3. The fraction of sp³-hybridized carbons (Fsp3) is 0.435. The number of benzene rings is 2. The predicted octanol–water partition coefficient (Wildman–Crippen LogP) is 3.12. The SMILES string of the molecule is COc1cccc(C2CNNC2C2CCN(C(=O)c3ccc(C)cc3)CC2)c1. The van der Waals surface area contributed by atoms with Crippen molar-refractivity contribution in [1.29, 1.82) is 0 Å². The van der Waals surface area contributed by atoms with E-state index in [9.17, 15) is 4.79 Å². The highest BCUT2D eigenvalue weighted by atomic mass is 16.5. The highest BCUT2D eigenvalue weighted by Crippen LogP contribution is 2.33. The number of ether oxygens (including phenoxy) is 1. The molecule has 2 atom stereocenters. The lowest BCUT2D eigenvalue weighted by Crippen LogP contribution is -2.45. The lowest BCUT2D eigenvalue weighted by atomic mass is 9.80. The van der Waals surface area contributed by atoms with Crippen molar-refractivity contribution in [3.63, 3.8) is 0 Å². The molecular weight excluding hydrogens is 350 g/mol. The van der Waals surface area contributed by atoms with E-state index in [1.807, 2.05) is 42.2 Å². The number of likely N-dealkylation sites (tertiary alicyclic amines) is 1. The summed E-state index contributed by atoms with van der Waals surface area (Å²) in [5.41, 5.74) is 10.1. The van der Waals surface area contributed by atoms with Gasteiger partial charge in [-0.25, -0.2) is 0 Å². The lowest BCUT2D eigenvalue weighted by molar-refractivity contribution is 0.0670. The van der Waals surface area contributed by atoms with Gasteiger partial charge in [-0.1, -0.05) is 29.8 Å². The third-order valence-electron chi connectivity index (χ3n) is 6.18. The fourth-order valence-corrected chi connectivity index (χ4v) is 4.50. The summed E-state index contributed by atoms with van der Waals surface area (Å²) in [6.45, 7) is 4.60. The number of hydrazine groups is 1. The topological polar surface area (TPSA) is 53.6 Å². The van der Waals surface area contributed by atoms with E-state index in [0.29, 0.717) is 17.9 Å². The average Bonchev–Trinajstić information content (AvgIpc) is 3.24. The summed E-state index contributed by atoms with van der Waals surface area (Å²) < 4.78 is 5.40. The van der Waals surface area contributed by atoms with Crippen molar-refractivity contribution in [2.24, 2.45) is 5.92 Å². The Morgan fingerprint density at radius 2 is 1.86 bits per heavy atom. The van der Waals surface area contributed by atoms with Gasteiger partial charge in [0.25, 0.3) is 5.91 Å². The maximum Gasteiger partial charge on any atom is 0.253 e. The second-order valence-corrected chi connectivity index (χ2v) is 7.93. The van der Waals surface area contributed by atoms with Gasteiger partial charge in [-0.3, -0.25) is 15.6 Å². The summed E-state index contributed by atoms with van der Waals surface area (Å²) in [6, 6.07) is 16.6. The molecule has 2 fully saturated rings. The molecule has 0 saturated carbocycles.